The molecular formula is C11H12N2O3S3. The van der Waals surface area contributed by atoms with E-state index in [1.54, 1.807) is 17.8 Å². The number of amides is 2. The molecule has 2 saturated heterocycles. The van der Waals surface area contributed by atoms with Crippen molar-refractivity contribution in [3.63, 3.8) is 0 Å². The van der Waals surface area contributed by atoms with Gasteiger partial charge in [0.1, 0.15) is 0 Å². The molecule has 0 aliphatic carbocycles. The van der Waals surface area contributed by atoms with E-state index in [2.05, 4.69) is 11.8 Å². The Balaban J connectivity index is 2.17. The second-order valence-corrected chi connectivity index (χ2v) is 6.55. The van der Waals surface area contributed by atoms with Gasteiger partial charge in [0.25, 0.3) is 5.91 Å². The van der Waals surface area contributed by atoms with E-state index < -0.39 is 12.0 Å². The maximum Gasteiger partial charge on any atom is 0.420 e. The number of thiocarbonyl (C=S) groups is 1. The molecule has 1 N–H and O–H groups in total. The van der Waals surface area contributed by atoms with Crippen molar-refractivity contribution >= 4 is 52.1 Å². The summed E-state index contributed by atoms with van der Waals surface area (Å²) < 4.78 is 0.0635. The first-order chi connectivity index (χ1) is 9.04. The van der Waals surface area contributed by atoms with Gasteiger partial charge in [-0.05, 0) is 19.1 Å². The second kappa shape index (κ2) is 5.98. The summed E-state index contributed by atoms with van der Waals surface area (Å²) >= 11 is 7.62. The Morgan fingerprint density at radius 3 is 2.84 bits per heavy atom. The zero-order valence-corrected chi connectivity index (χ0v) is 12.6. The van der Waals surface area contributed by atoms with E-state index in [-0.39, 0.29) is 4.32 Å². The molecule has 0 unspecified atom stereocenters. The number of rotatable bonds is 2. The molecule has 0 spiro atoms. The van der Waals surface area contributed by atoms with Crippen molar-refractivity contribution in [1.29, 1.82) is 0 Å². The average molecular weight is 316 g/mol. The third-order valence-electron chi connectivity index (χ3n) is 2.67. The lowest BCUT2D eigenvalue weighted by Crippen LogP contribution is -2.33. The van der Waals surface area contributed by atoms with Crippen LogP contribution in [0, 0.1) is 0 Å². The second-order valence-electron chi connectivity index (χ2n) is 3.76. The number of thioether (sulfide) groups is 2. The standard InChI is InChI=1S/C11H12N2O3S3/c1-2-12-5-6-18-8(12)4-3-7-9(14)13(10(15)16)11(17)19-7/h3-4H,2,5-6H2,1H3,(H,15,16). The quantitative estimate of drug-likeness (QED) is 0.619. The van der Waals surface area contributed by atoms with E-state index >= 15 is 0 Å². The number of imide groups is 1. The van der Waals surface area contributed by atoms with E-state index in [1.807, 2.05) is 6.08 Å². The molecule has 0 bridgehead atoms. The minimum atomic E-state index is -1.33. The molecule has 0 aromatic rings. The first kappa shape index (κ1) is 14.4. The van der Waals surface area contributed by atoms with Crippen LogP contribution in [0.15, 0.2) is 22.1 Å². The van der Waals surface area contributed by atoms with Gasteiger partial charge in [-0.25, -0.2) is 4.79 Å². The molecule has 0 aromatic carbocycles. The zero-order chi connectivity index (χ0) is 14.0. The summed E-state index contributed by atoms with van der Waals surface area (Å²) in [6.07, 6.45) is 2.18. The smallest absolute Gasteiger partial charge is 0.420 e. The third-order valence-corrected chi connectivity index (χ3v) is 5.06. The zero-order valence-electron chi connectivity index (χ0n) is 10.2. The molecular weight excluding hydrogens is 304 g/mol. The van der Waals surface area contributed by atoms with Crippen molar-refractivity contribution in [3.05, 3.63) is 22.1 Å². The maximum atomic E-state index is 11.8. The van der Waals surface area contributed by atoms with Crippen LogP contribution in [-0.4, -0.2) is 50.1 Å². The molecule has 102 valence electrons. The molecule has 0 aromatic heterocycles. The van der Waals surface area contributed by atoms with Gasteiger partial charge in [0.15, 0.2) is 4.32 Å². The van der Waals surface area contributed by atoms with Gasteiger partial charge in [0.05, 0.1) is 9.93 Å². The molecule has 19 heavy (non-hydrogen) atoms. The summed E-state index contributed by atoms with van der Waals surface area (Å²) in [5.74, 6) is 0.467. The predicted octanol–water partition coefficient (Wildman–Crippen LogP) is 2.32. The number of carboxylic acid groups (broad SMARTS) is 1. The number of hydrogen-bond acceptors (Lipinski definition) is 6. The number of allylic oxidation sites excluding steroid dienone is 2. The van der Waals surface area contributed by atoms with Crippen molar-refractivity contribution in [1.82, 2.24) is 9.80 Å². The number of hydrogen-bond donors (Lipinski definition) is 1. The molecule has 0 atom stereocenters. The first-order valence-electron chi connectivity index (χ1n) is 5.63. The predicted molar refractivity (Wildman–Crippen MR) is 80.9 cm³/mol. The van der Waals surface area contributed by atoms with Crippen LogP contribution in [0.5, 0.6) is 0 Å². The maximum absolute atomic E-state index is 11.8. The highest BCUT2D eigenvalue weighted by Crippen LogP contribution is 2.32. The highest BCUT2D eigenvalue weighted by Gasteiger charge is 2.36. The fourth-order valence-electron chi connectivity index (χ4n) is 1.72. The van der Waals surface area contributed by atoms with Crippen LogP contribution in [0.2, 0.25) is 0 Å². The molecule has 5 nitrogen and oxygen atoms in total. The molecule has 2 aliphatic heterocycles. The lowest BCUT2D eigenvalue weighted by Gasteiger charge is -2.15. The summed E-state index contributed by atoms with van der Waals surface area (Å²) in [5, 5.41) is 9.98. The minimum Gasteiger partial charge on any atom is -0.464 e. The SMILES string of the molecule is CCN1CCSC1=CC=C1SC(=S)N(C(=O)O)C1=O. The van der Waals surface area contributed by atoms with Gasteiger partial charge in [-0.2, -0.15) is 4.90 Å². The Bertz CT molecular complexity index is 501. The normalized spacial score (nSPS) is 24.1. The van der Waals surface area contributed by atoms with Crippen LogP contribution >= 0.6 is 35.7 Å². The first-order valence-corrected chi connectivity index (χ1v) is 7.84. The van der Waals surface area contributed by atoms with Gasteiger partial charge in [0.2, 0.25) is 0 Å². The van der Waals surface area contributed by atoms with Crippen LogP contribution < -0.4 is 0 Å². The summed E-state index contributed by atoms with van der Waals surface area (Å²) in [5.41, 5.74) is 0. The van der Waals surface area contributed by atoms with Gasteiger partial charge in [-0.15, -0.1) is 11.8 Å². The van der Waals surface area contributed by atoms with Crippen LogP contribution in [0.3, 0.4) is 0 Å². The van der Waals surface area contributed by atoms with Gasteiger partial charge in [-0.1, -0.05) is 24.0 Å². The topological polar surface area (TPSA) is 60.9 Å². The van der Waals surface area contributed by atoms with Crippen molar-refractivity contribution in [2.75, 3.05) is 18.8 Å². The Morgan fingerprint density at radius 2 is 2.26 bits per heavy atom. The molecule has 2 aliphatic rings. The van der Waals surface area contributed by atoms with Gasteiger partial charge < -0.3 is 10.0 Å². The van der Waals surface area contributed by atoms with E-state index in [0.717, 1.165) is 35.6 Å². The van der Waals surface area contributed by atoms with Gasteiger partial charge in [0, 0.05) is 18.8 Å². The van der Waals surface area contributed by atoms with Crippen LogP contribution in [0.25, 0.3) is 0 Å². The Labute approximate surface area is 124 Å². The highest BCUT2D eigenvalue weighted by atomic mass is 32.2. The van der Waals surface area contributed by atoms with Gasteiger partial charge >= 0.3 is 6.09 Å². The number of carbonyl (C=O) groups excluding carboxylic acids is 1. The molecule has 0 saturated carbocycles. The molecule has 2 fully saturated rings. The molecule has 2 heterocycles. The summed E-state index contributed by atoms with van der Waals surface area (Å²) in [4.78, 5) is 25.9. The number of carbonyl (C=O) groups is 2. The Hall–Kier alpha value is -0.990. The number of nitrogens with zero attached hydrogens (tertiary/aromatic N) is 2. The molecule has 0 radical (unpaired) electrons. The van der Waals surface area contributed by atoms with Crippen molar-refractivity contribution < 1.29 is 14.7 Å². The highest BCUT2D eigenvalue weighted by molar-refractivity contribution is 8.26. The van der Waals surface area contributed by atoms with Crippen LogP contribution in [0.1, 0.15) is 6.92 Å². The fraction of sp³-hybridized carbons (Fsp3) is 0.364. The summed E-state index contributed by atoms with van der Waals surface area (Å²) in [6.45, 7) is 3.99. The monoisotopic (exact) mass is 316 g/mol. The Morgan fingerprint density at radius 1 is 1.53 bits per heavy atom. The lowest BCUT2D eigenvalue weighted by atomic mass is 10.4. The molecule has 8 heteroatoms. The summed E-state index contributed by atoms with van der Waals surface area (Å²) in [7, 11) is 0. The average Bonchev–Trinajstić information content (AvgIpc) is 2.91. The largest absolute Gasteiger partial charge is 0.464 e. The van der Waals surface area contributed by atoms with E-state index in [4.69, 9.17) is 17.3 Å². The minimum absolute atomic E-state index is 0.0635. The van der Waals surface area contributed by atoms with Crippen molar-refractivity contribution in [2.24, 2.45) is 0 Å². The van der Waals surface area contributed by atoms with E-state index in [1.165, 1.54) is 0 Å². The van der Waals surface area contributed by atoms with Crippen molar-refractivity contribution in [2.45, 2.75) is 6.92 Å². The summed E-state index contributed by atoms with van der Waals surface area (Å²) in [6, 6.07) is 0. The molecule has 2 amide bonds. The molecule has 2 rings (SSSR count). The Kier molecular flexibility index (Phi) is 4.54. The fourth-order valence-corrected chi connectivity index (χ4v) is 4.00. The van der Waals surface area contributed by atoms with Crippen LogP contribution in [-0.2, 0) is 4.79 Å². The lowest BCUT2D eigenvalue weighted by molar-refractivity contribution is -0.120. The van der Waals surface area contributed by atoms with E-state index in [9.17, 15) is 9.59 Å². The van der Waals surface area contributed by atoms with E-state index in [0.29, 0.717) is 9.81 Å². The van der Waals surface area contributed by atoms with Crippen molar-refractivity contribution in [3.8, 4) is 0 Å². The van der Waals surface area contributed by atoms with Crippen LogP contribution in [0.4, 0.5) is 4.79 Å². The van der Waals surface area contributed by atoms with Gasteiger partial charge in [-0.3, -0.25) is 4.79 Å². The third kappa shape index (κ3) is 2.96.